The highest BCUT2D eigenvalue weighted by atomic mass is 127. The summed E-state index contributed by atoms with van der Waals surface area (Å²) in [6.07, 6.45) is 6.71. The van der Waals surface area contributed by atoms with Crippen LogP contribution in [0.4, 0.5) is 0 Å². The van der Waals surface area contributed by atoms with Crippen LogP contribution in [0.15, 0.2) is 0 Å². The lowest BCUT2D eigenvalue weighted by atomic mass is 9.99. The highest BCUT2D eigenvalue weighted by molar-refractivity contribution is 14.1. The molecule has 0 aliphatic heterocycles. The van der Waals surface area contributed by atoms with Gasteiger partial charge in [0.15, 0.2) is 0 Å². The van der Waals surface area contributed by atoms with Crippen LogP contribution in [0.1, 0.15) is 39.0 Å². The van der Waals surface area contributed by atoms with Crippen molar-refractivity contribution < 1.29 is 0 Å². The van der Waals surface area contributed by atoms with E-state index in [1.165, 1.54) is 36.5 Å². The molecule has 2 N–H and O–H groups in total. The topological polar surface area (TPSA) is 26.0 Å². The molecule has 0 rings (SSSR count). The van der Waals surface area contributed by atoms with Crippen molar-refractivity contribution in [1.29, 1.82) is 0 Å². The van der Waals surface area contributed by atoms with Crippen LogP contribution in [-0.4, -0.2) is 11.0 Å². The molecule has 0 aliphatic carbocycles. The maximum atomic E-state index is 5.64. The van der Waals surface area contributed by atoms with Crippen LogP contribution in [0.3, 0.4) is 0 Å². The Morgan fingerprint density at radius 2 is 2.00 bits per heavy atom. The standard InChI is InChI=1S/C9H20IN/c1-2-3-4-5-9(8-11)6-7-10/h9H,2-8,11H2,1H3. The Labute approximate surface area is 84.3 Å². The average molecular weight is 269 g/mol. The van der Waals surface area contributed by atoms with E-state index in [4.69, 9.17) is 5.73 Å². The van der Waals surface area contributed by atoms with Gasteiger partial charge in [-0.2, -0.15) is 0 Å². The zero-order valence-corrected chi connectivity index (χ0v) is 9.64. The van der Waals surface area contributed by atoms with Crippen molar-refractivity contribution in [2.45, 2.75) is 39.0 Å². The molecule has 0 saturated heterocycles. The highest BCUT2D eigenvalue weighted by Gasteiger charge is 2.03. The lowest BCUT2D eigenvalue weighted by molar-refractivity contribution is 0.459. The minimum atomic E-state index is 0.790. The molecule has 0 aromatic heterocycles. The zero-order valence-electron chi connectivity index (χ0n) is 7.48. The molecule has 0 aromatic rings. The summed E-state index contributed by atoms with van der Waals surface area (Å²) in [6, 6.07) is 0. The number of rotatable bonds is 7. The summed E-state index contributed by atoms with van der Waals surface area (Å²) in [5, 5.41) is 0. The summed E-state index contributed by atoms with van der Waals surface area (Å²) in [4.78, 5) is 0. The number of hydrogen-bond acceptors (Lipinski definition) is 1. The molecule has 0 amide bonds. The van der Waals surface area contributed by atoms with Crippen LogP contribution in [0.25, 0.3) is 0 Å². The first-order valence-electron chi connectivity index (χ1n) is 4.61. The van der Waals surface area contributed by atoms with Gasteiger partial charge in [-0.15, -0.1) is 0 Å². The summed E-state index contributed by atoms with van der Waals surface area (Å²) >= 11 is 2.43. The highest BCUT2D eigenvalue weighted by Crippen LogP contribution is 2.13. The fourth-order valence-corrected chi connectivity index (χ4v) is 2.10. The van der Waals surface area contributed by atoms with Crippen molar-refractivity contribution in [2.75, 3.05) is 11.0 Å². The Morgan fingerprint density at radius 3 is 2.45 bits per heavy atom. The molecule has 68 valence electrons. The molecule has 0 heterocycles. The van der Waals surface area contributed by atoms with E-state index in [9.17, 15) is 0 Å². The molecule has 2 heteroatoms. The van der Waals surface area contributed by atoms with Crippen molar-refractivity contribution in [3.05, 3.63) is 0 Å². The van der Waals surface area contributed by atoms with E-state index in [0.717, 1.165) is 12.5 Å². The second-order valence-corrected chi connectivity index (χ2v) is 4.15. The van der Waals surface area contributed by atoms with Gasteiger partial charge in [0.25, 0.3) is 0 Å². The monoisotopic (exact) mass is 269 g/mol. The van der Waals surface area contributed by atoms with Gasteiger partial charge >= 0.3 is 0 Å². The third kappa shape index (κ3) is 7.06. The second-order valence-electron chi connectivity index (χ2n) is 3.08. The lowest BCUT2D eigenvalue weighted by Crippen LogP contribution is -2.14. The molecule has 1 atom stereocenters. The molecule has 0 bridgehead atoms. The van der Waals surface area contributed by atoms with E-state index < -0.39 is 0 Å². The van der Waals surface area contributed by atoms with Gasteiger partial charge in [0.2, 0.25) is 0 Å². The fraction of sp³-hybridized carbons (Fsp3) is 1.00. The van der Waals surface area contributed by atoms with E-state index in [1.54, 1.807) is 0 Å². The summed E-state index contributed by atoms with van der Waals surface area (Å²) in [6.45, 7) is 3.13. The van der Waals surface area contributed by atoms with Gasteiger partial charge in [0.1, 0.15) is 0 Å². The van der Waals surface area contributed by atoms with Gasteiger partial charge < -0.3 is 5.73 Å². The largest absolute Gasteiger partial charge is 0.330 e. The number of unbranched alkanes of at least 4 members (excludes halogenated alkanes) is 2. The van der Waals surface area contributed by atoms with Gasteiger partial charge in [-0.1, -0.05) is 48.8 Å². The molecule has 0 saturated carbocycles. The molecule has 0 fully saturated rings. The first-order valence-corrected chi connectivity index (χ1v) is 6.13. The fourth-order valence-electron chi connectivity index (χ4n) is 1.22. The maximum Gasteiger partial charge on any atom is -0.000162 e. The average Bonchev–Trinajstić information content (AvgIpc) is 2.03. The third-order valence-corrected chi connectivity index (χ3v) is 2.69. The van der Waals surface area contributed by atoms with Gasteiger partial charge in [-0.3, -0.25) is 0 Å². The Morgan fingerprint density at radius 1 is 1.27 bits per heavy atom. The van der Waals surface area contributed by atoms with Crippen molar-refractivity contribution in [3.8, 4) is 0 Å². The van der Waals surface area contributed by atoms with Gasteiger partial charge in [-0.05, 0) is 29.7 Å². The number of hydrogen-bond donors (Lipinski definition) is 1. The van der Waals surface area contributed by atoms with Crippen molar-refractivity contribution in [2.24, 2.45) is 11.7 Å². The van der Waals surface area contributed by atoms with E-state index in [0.29, 0.717) is 0 Å². The molecule has 1 nitrogen and oxygen atoms in total. The molecule has 11 heavy (non-hydrogen) atoms. The minimum absolute atomic E-state index is 0.790. The quantitative estimate of drug-likeness (QED) is 0.429. The van der Waals surface area contributed by atoms with Crippen molar-refractivity contribution >= 4 is 22.6 Å². The Kier molecular flexibility index (Phi) is 9.33. The Balaban J connectivity index is 3.20. The van der Waals surface area contributed by atoms with Gasteiger partial charge in [-0.25, -0.2) is 0 Å². The lowest BCUT2D eigenvalue weighted by Gasteiger charge is -2.11. The molecule has 1 unspecified atom stereocenters. The van der Waals surface area contributed by atoms with E-state index in [1.807, 2.05) is 0 Å². The summed E-state index contributed by atoms with van der Waals surface area (Å²) in [5.41, 5.74) is 5.64. The van der Waals surface area contributed by atoms with Gasteiger partial charge in [0.05, 0.1) is 0 Å². The molecule has 0 radical (unpaired) electrons. The first kappa shape index (κ1) is 11.7. The normalized spacial score (nSPS) is 13.4. The molecular formula is C9H20IN. The number of alkyl halides is 1. The molecule has 0 aromatic carbocycles. The van der Waals surface area contributed by atoms with Crippen LogP contribution in [0, 0.1) is 5.92 Å². The number of nitrogens with two attached hydrogens (primary N) is 1. The van der Waals surface area contributed by atoms with Crippen molar-refractivity contribution in [1.82, 2.24) is 0 Å². The summed E-state index contributed by atoms with van der Waals surface area (Å²) < 4.78 is 1.26. The summed E-state index contributed by atoms with van der Waals surface area (Å²) in [7, 11) is 0. The Bertz CT molecular complexity index is 76.0. The Hall–Kier alpha value is 0.690. The third-order valence-electron chi connectivity index (χ3n) is 2.07. The predicted molar refractivity (Wildman–Crippen MR) is 60.2 cm³/mol. The zero-order chi connectivity index (χ0) is 8.53. The predicted octanol–water partition coefficient (Wildman–Crippen LogP) is 2.97. The second kappa shape index (κ2) is 8.78. The molecule has 0 aliphatic rings. The van der Waals surface area contributed by atoms with Crippen LogP contribution in [-0.2, 0) is 0 Å². The van der Waals surface area contributed by atoms with Crippen LogP contribution >= 0.6 is 22.6 Å². The van der Waals surface area contributed by atoms with Crippen LogP contribution < -0.4 is 5.73 Å². The number of halogens is 1. The smallest absolute Gasteiger partial charge is 0.000162 e. The maximum absolute atomic E-state index is 5.64. The SMILES string of the molecule is CCCCCC(CN)CCI. The first-order chi connectivity index (χ1) is 5.35. The van der Waals surface area contributed by atoms with E-state index >= 15 is 0 Å². The van der Waals surface area contributed by atoms with E-state index in [2.05, 4.69) is 29.5 Å². The molecular weight excluding hydrogens is 249 g/mol. The van der Waals surface area contributed by atoms with Gasteiger partial charge in [0, 0.05) is 0 Å². The minimum Gasteiger partial charge on any atom is -0.330 e. The van der Waals surface area contributed by atoms with Crippen LogP contribution in [0.2, 0.25) is 0 Å². The van der Waals surface area contributed by atoms with Crippen LogP contribution in [0.5, 0.6) is 0 Å². The van der Waals surface area contributed by atoms with Crippen molar-refractivity contribution in [3.63, 3.8) is 0 Å². The molecule has 0 spiro atoms. The summed E-state index contributed by atoms with van der Waals surface area (Å²) in [5.74, 6) is 0.790. The van der Waals surface area contributed by atoms with E-state index in [-0.39, 0.29) is 0 Å².